The van der Waals surface area contributed by atoms with Crippen molar-refractivity contribution in [3.63, 3.8) is 0 Å². The molecule has 2 aromatic carbocycles. The summed E-state index contributed by atoms with van der Waals surface area (Å²) in [5.41, 5.74) is 2.82. The van der Waals surface area contributed by atoms with Gasteiger partial charge in [0.05, 0.1) is 0 Å². The summed E-state index contributed by atoms with van der Waals surface area (Å²) in [7, 11) is 0. The zero-order chi connectivity index (χ0) is 20.5. The first-order valence-corrected chi connectivity index (χ1v) is 9.77. The molecule has 0 aliphatic carbocycles. The van der Waals surface area contributed by atoms with Crippen LogP contribution in [0, 0.1) is 13.8 Å². The van der Waals surface area contributed by atoms with E-state index in [1.54, 1.807) is 6.92 Å². The van der Waals surface area contributed by atoms with Gasteiger partial charge in [0.25, 0.3) is 11.5 Å². The minimum absolute atomic E-state index is 0.315. The first kappa shape index (κ1) is 18.7. The molecule has 4 aromatic rings. The van der Waals surface area contributed by atoms with E-state index >= 15 is 0 Å². The Morgan fingerprint density at radius 3 is 2.41 bits per heavy atom. The van der Waals surface area contributed by atoms with Crippen LogP contribution < -0.4 is 22.0 Å². The first-order chi connectivity index (χ1) is 13.9. The maximum absolute atomic E-state index is 13.2. The van der Waals surface area contributed by atoms with Gasteiger partial charge in [-0.15, -0.1) is 11.3 Å². The van der Waals surface area contributed by atoms with Crippen molar-refractivity contribution in [1.29, 1.82) is 0 Å². The van der Waals surface area contributed by atoms with Crippen molar-refractivity contribution in [3.8, 4) is 0 Å². The van der Waals surface area contributed by atoms with Gasteiger partial charge in [0.1, 0.15) is 26.6 Å². The van der Waals surface area contributed by atoms with Gasteiger partial charge < -0.3 is 16.5 Å². The number of para-hydroxylation sites is 1. The maximum Gasteiger partial charge on any atom is 0.289 e. The zero-order valence-electron chi connectivity index (χ0n) is 15.9. The van der Waals surface area contributed by atoms with Gasteiger partial charge in [-0.3, -0.25) is 9.59 Å². The number of anilines is 3. The Balaban J connectivity index is 1.84. The Morgan fingerprint density at radius 2 is 1.72 bits per heavy atom. The number of amides is 1. The maximum atomic E-state index is 13.2. The van der Waals surface area contributed by atoms with E-state index < -0.39 is 0 Å². The number of nitrogen functional groups attached to an aromatic ring is 1. The van der Waals surface area contributed by atoms with Crippen molar-refractivity contribution in [1.82, 2.24) is 9.66 Å². The number of nitrogens with two attached hydrogens (primary N) is 1. The van der Waals surface area contributed by atoms with E-state index in [0.29, 0.717) is 32.3 Å². The molecule has 4 N–H and O–H groups in total. The Labute approximate surface area is 170 Å². The molecule has 7 nitrogen and oxygen atoms in total. The lowest BCUT2D eigenvalue weighted by molar-refractivity contribution is 0.102. The van der Waals surface area contributed by atoms with Crippen LogP contribution in [-0.2, 0) is 0 Å². The van der Waals surface area contributed by atoms with E-state index in [2.05, 4.69) is 15.6 Å². The highest BCUT2D eigenvalue weighted by Crippen LogP contribution is 2.35. The highest BCUT2D eigenvalue weighted by molar-refractivity contribution is 7.23. The Hall–Kier alpha value is -3.65. The molecule has 0 bridgehead atoms. The molecule has 0 aliphatic rings. The molecule has 0 fully saturated rings. The average molecular weight is 405 g/mol. The van der Waals surface area contributed by atoms with Gasteiger partial charge >= 0.3 is 0 Å². The molecule has 0 saturated heterocycles. The van der Waals surface area contributed by atoms with Crippen molar-refractivity contribution < 1.29 is 4.79 Å². The number of nitrogens with one attached hydrogen (secondary N) is 2. The van der Waals surface area contributed by atoms with E-state index in [4.69, 9.17) is 5.84 Å². The van der Waals surface area contributed by atoms with Crippen molar-refractivity contribution in [2.45, 2.75) is 13.8 Å². The summed E-state index contributed by atoms with van der Waals surface area (Å²) in [6.07, 6.45) is 0. The number of aromatic nitrogens is 2. The van der Waals surface area contributed by atoms with Crippen molar-refractivity contribution in [3.05, 3.63) is 81.9 Å². The fourth-order valence-electron chi connectivity index (χ4n) is 2.93. The molecule has 8 heteroatoms. The van der Waals surface area contributed by atoms with Gasteiger partial charge in [0.2, 0.25) is 0 Å². The number of carbonyl (C=O) groups is 1. The van der Waals surface area contributed by atoms with Crippen LogP contribution in [-0.4, -0.2) is 15.6 Å². The summed E-state index contributed by atoms with van der Waals surface area (Å²) < 4.78 is 1.32. The molecular formula is C21H19N5O2S. The number of thiophene rings is 1. The molecule has 0 radical (unpaired) electrons. The fourth-order valence-corrected chi connectivity index (χ4v) is 4.02. The van der Waals surface area contributed by atoms with Crippen LogP contribution in [0.1, 0.15) is 21.7 Å². The summed E-state index contributed by atoms with van der Waals surface area (Å²) in [6, 6.07) is 16.9. The van der Waals surface area contributed by atoms with Crippen LogP contribution in [0.5, 0.6) is 0 Å². The van der Waals surface area contributed by atoms with E-state index in [0.717, 1.165) is 27.3 Å². The van der Waals surface area contributed by atoms with E-state index in [-0.39, 0.29) is 11.5 Å². The van der Waals surface area contributed by atoms with Gasteiger partial charge in [-0.2, -0.15) is 0 Å². The molecule has 2 aromatic heterocycles. The second-order valence-corrected chi connectivity index (χ2v) is 7.65. The van der Waals surface area contributed by atoms with Crippen LogP contribution in [0.2, 0.25) is 0 Å². The second kappa shape index (κ2) is 7.40. The van der Waals surface area contributed by atoms with Crippen LogP contribution in [0.15, 0.2) is 59.4 Å². The lowest BCUT2D eigenvalue weighted by atomic mass is 10.2. The number of hydrogen-bond acceptors (Lipinski definition) is 6. The number of nitrogens with zero attached hydrogens (tertiary/aromatic N) is 2. The number of benzene rings is 2. The topological polar surface area (TPSA) is 102 Å². The molecule has 4 rings (SSSR count). The lowest BCUT2D eigenvalue weighted by Gasteiger charge is -2.09. The normalized spacial score (nSPS) is 10.8. The number of rotatable bonds is 4. The SMILES string of the molecule is Cc1ccc(NC(=O)c2c(Nc3ccccc3)sc3c(=O)n(N)c(C)nc23)cc1. The Kier molecular flexibility index (Phi) is 4.77. The van der Waals surface area contributed by atoms with Crippen LogP contribution in [0.3, 0.4) is 0 Å². The largest absolute Gasteiger partial charge is 0.346 e. The predicted molar refractivity (Wildman–Crippen MR) is 118 cm³/mol. The number of fused-ring (bicyclic) bond motifs is 1. The van der Waals surface area contributed by atoms with Gasteiger partial charge in [0.15, 0.2) is 0 Å². The van der Waals surface area contributed by atoms with Gasteiger partial charge in [-0.05, 0) is 38.1 Å². The molecular weight excluding hydrogens is 386 g/mol. The average Bonchev–Trinajstić information content (AvgIpc) is 3.06. The number of carbonyl (C=O) groups excluding carboxylic acids is 1. The lowest BCUT2D eigenvalue weighted by Crippen LogP contribution is -2.30. The molecule has 2 heterocycles. The number of hydrogen-bond donors (Lipinski definition) is 3. The Morgan fingerprint density at radius 1 is 1.03 bits per heavy atom. The van der Waals surface area contributed by atoms with Crippen molar-refractivity contribution in [2.24, 2.45) is 0 Å². The molecule has 0 aliphatic heterocycles. The third-order valence-electron chi connectivity index (χ3n) is 4.49. The molecule has 0 unspecified atom stereocenters. The van der Waals surface area contributed by atoms with E-state index in [9.17, 15) is 9.59 Å². The minimum atomic E-state index is -0.386. The smallest absolute Gasteiger partial charge is 0.289 e. The quantitative estimate of drug-likeness (QED) is 0.449. The van der Waals surface area contributed by atoms with Crippen LogP contribution in [0.25, 0.3) is 10.2 Å². The van der Waals surface area contributed by atoms with Crippen LogP contribution in [0.4, 0.5) is 16.4 Å². The van der Waals surface area contributed by atoms with E-state index in [1.165, 1.54) is 0 Å². The zero-order valence-corrected chi connectivity index (χ0v) is 16.7. The molecule has 0 atom stereocenters. The third-order valence-corrected chi connectivity index (χ3v) is 5.57. The van der Waals surface area contributed by atoms with Gasteiger partial charge in [-0.25, -0.2) is 9.66 Å². The molecule has 29 heavy (non-hydrogen) atoms. The monoisotopic (exact) mass is 405 g/mol. The summed E-state index contributed by atoms with van der Waals surface area (Å²) in [4.78, 5) is 30.2. The van der Waals surface area contributed by atoms with Gasteiger partial charge in [-0.1, -0.05) is 35.9 Å². The van der Waals surface area contributed by atoms with Crippen molar-refractivity contribution >= 4 is 43.8 Å². The van der Waals surface area contributed by atoms with E-state index in [1.807, 2.05) is 61.5 Å². The first-order valence-electron chi connectivity index (χ1n) is 8.95. The Bertz CT molecular complexity index is 1260. The van der Waals surface area contributed by atoms with Crippen molar-refractivity contribution in [2.75, 3.05) is 16.5 Å². The molecule has 1 amide bonds. The minimum Gasteiger partial charge on any atom is -0.346 e. The molecule has 0 spiro atoms. The van der Waals surface area contributed by atoms with Crippen LogP contribution >= 0.6 is 11.3 Å². The summed E-state index contributed by atoms with van der Waals surface area (Å²) in [5, 5.41) is 6.66. The number of aryl methyl sites for hydroxylation is 2. The highest BCUT2D eigenvalue weighted by atomic mass is 32.1. The summed E-state index contributed by atoms with van der Waals surface area (Å²) in [6.45, 7) is 3.61. The standard InChI is InChI=1S/C21H19N5O2S/c1-12-8-10-15(11-9-12)24-19(27)16-17-18(21(28)26(22)13(2)23-17)29-20(16)25-14-6-4-3-5-7-14/h3-11,25H,22H2,1-2H3,(H,24,27). The molecule has 146 valence electrons. The fraction of sp³-hybridized carbons (Fsp3) is 0.0952. The van der Waals surface area contributed by atoms with Gasteiger partial charge in [0, 0.05) is 11.4 Å². The third kappa shape index (κ3) is 3.57. The predicted octanol–water partition coefficient (Wildman–Crippen LogP) is 3.78. The summed E-state index contributed by atoms with van der Waals surface area (Å²) >= 11 is 1.16. The summed E-state index contributed by atoms with van der Waals surface area (Å²) in [5.74, 6) is 5.78. The highest BCUT2D eigenvalue weighted by Gasteiger charge is 2.24. The second-order valence-electron chi connectivity index (χ2n) is 6.63. The molecule has 0 saturated carbocycles.